The van der Waals surface area contributed by atoms with Gasteiger partial charge >= 0.3 is 5.97 Å². The lowest BCUT2D eigenvalue weighted by molar-refractivity contribution is -0.277. The highest BCUT2D eigenvalue weighted by Crippen LogP contribution is 2.26. The lowest BCUT2D eigenvalue weighted by atomic mass is 10.1. The van der Waals surface area contributed by atoms with Crippen molar-refractivity contribution in [3.63, 3.8) is 0 Å². The molecule has 0 radical (unpaired) electrons. The molecule has 14 heavy (non-hydrogen) atoms. The highest BCUT2D eigenvalue weighted by Gasteiger charge is 2.26. The van der Waals surface area contributed by atoms with Crippen molar-refractivity contribution in [2.75, 3.05) is 0 Å². The largest absolute Gasteiger partial charge is 0.339 e. The monoisotopic (exact) mass is 242 g/mol. The van der Waals surface area contributed by atoms with Gasteiger partial charge in [0.2, 0.25) is 0 Å². The van der Waals surface area contributed by atoms with Crippen LogP contribution in [0.5, 0.6) is 0 Å². The summed E-state index contributed by atoms with van der Waals surface area (Å²) in [5.74, 6) is -3.01. The summed E-state index contributed by atoms with van der Waals surface area (Å²) >= 11 is 11.1. The summed E-state index contributed by atoms with van der Waals surface area (Å²) in [5.41, 5.74) is 0. The minimum Gasteiger partial charge on any atom is -0.339 e. The van der Waals surface area contributed by atoms with E-state index in [0.29, 0.717) is 6.42 Å². The van der Waals surface area contributed by atoms with E-state index in [1.54, 1.807) is 0 Å². The van der Waals surface area contributed by atoms with E-state index in [9.17, 15) is 0 Å². The van der Waals surface area contributed by atoms with Crippen LogP contribution in [0.1, 0.15) is 39.0 Å². The maximum Gasteiger partial charge on any atom is 0.316 e. The molecule has 0 aromatic carbocycles. The Hall–Kier alpha value is 0.200. The molecular formula is C9H16Cl2O3. The predicted molar refractivity (Wildman–Crippen MR) is 56.9 cm³/mol. The van der Waals surface area contributed by atoms with Gasteiger partial charge < -0.3 is 15.3 Å². The van der Waals surface area contributed by atoms with Crippen molar-refractivity contribution >= 4 is 23.2 Å². The fourth-order valence-corrected chi connectivity index (χ4v) is 1.35. The molecule has 84 valence electrons. The highest BCUT2D eigenvalue weighted by molar-refractivity contribution is 6.39. The molecule has 0 rings (SSSR count). The van der Waals surface area contributed by atoms with Crippen molar-refractivity contribution in [3.8, 4) is 0 Å². The van der Waals surface area contributed by atoms with E-state index in [-0.39, 0.29) is 5.03 Å². The zero-order valence-electron chi connectivity index (χ0n) is 8.13. The second kappa shape index (κ2) is 6.64. The third-order valence-electron chi connectivity index (χ3n) is 1.78. The first-order valence-corrected chi connectivity index (χ1v) is 5.37. The van der Waals surface area contributed by atoms with Crippen LogP contribution in [-0.4, -0.2) is 21.3 Å². The lowest BCUT2D eigenvalue weighted by Gasteiger charge is -2.14. The van der Waals surface area contributed by atoms with Crippen molar-refractivity contribution in [3.05, 3.63) is 10.1 Å². The molecule has 0 aliphatic carbocycles. The first-order chi connectivity index (χ1) is 6.39. The van der Waals surface area contributed by atoms with Crippen molar-refractivity contribution < 1.29 is 15.3 Å². The number of allylic oxidation sites excluding steroid dienone is 1. The van der Waals surface area contributed by atoms with E-state index >= 15 is 0 Å². The number of hydrogen-bond donors (Lipinski definition) is 3. The van der Waals surface area contributed by atoms with Gasteiger partial charge in [-0.05, 0) is 12.8 Å². The van der Waals surface area contributed by atoms with Gasteiger partial charge in [-0.2, -0.15) is 0 Å². The molecule has 0 unspecified atom stereocenters. The van der Waals surface area contributed by atoms with Crippen LogP contribution in [0.4, 0.5) is 0 Å². The normalized spacial score (nSPS) is 14.1. The quantitative estimate of drug-likeness (QED) is 0.495. The van der Waals surface area contributed by atoms with Crippen molar-refractivity contribution in [1.82, 2.24) is 0 Å². The Morgan fingerprint density at radius 1 is 1.07 bits per heavy atom. The van der Waals surface area contributed by atoms with Crippen LogP contribution in [0.15, 0.2) is 10.1 Å². The van der Waals surface area contributed by atoms with Crippen LogP contribution in [0.3, 0.4) is 0 Å². The minimum absolute atomic E-state index is 0.0928. The third kappa shape index (κ3) is 5.83. The number of unbranched alkanes of at least 4 members (excludes halogenated alkanes) is 3. The molecule has 3 N–H and O–H groups in total. The third-order valence-corrected chi connectivity index (χ3v) is 2.74. The second-order valence-electron chi connectivity index (χ2n) is 3.16. The molecule has 0 aliphatic heterocycles. The van der Waals surface area contributed by atoms with Crippen molar-refractivity contribution in [2.45, 2.75) is 45.0 Å². The predicted octanol–water partition coefficient (Wildman–Crippen LogP) is 2.28. The molecule has 0 aliphatic rings. The van der Waals surface area contributed by atoms with E-state index in [0.717, 1.165) is 25.7 Å². The molecule has 0 aromatic rings. The average Bonchev–Trinajstić information content (AvgIpc) is 2.09. The topological polar surface area (TPSA) is 60.7 Å². The smallest absolute Gasteiger partial charge is 0.316 e. The van der Waals surface area contributed by atoms with E-state index in [2.05, 4.69) is 6.92 Å². The summed E-state index contributed by atoms with van der Waals surface area (Å²) in [4.78, 5) is 0. The van der Waals surface area contributed by atoms with Gasteiger partial charge in [-0.3, -0.25) is 0 Å². The number of hydrogen-bond acceptors (Lipinski definition) is 3. The average molecular weight is 243 g/mol. The van der Waals surface area contributed by atoms with Gasteiger partial charge in [-0.1, -0.05) is 49.4 Å². The first kappa shape index (κ1) is 14.2. The Balaban J connectivity index is 3.99. The SMILES string of the molecule is CCCCCCC(Cl)=C(Cl)C(O)(O)O. The van der Waals surface area contributed by atoms with E-state index in [4.69, 9.17) is 38.5 Å². The summed E-state index contributed by atoms with van der Waals surface area (Å²) < 4.78 is 0. The Kier molecular flexibility index (Phi) is 6.74. The minimum atomic E-state index is -3.01. The molecule has 0 fully saturated rings. The number of rotatable bonds is 6. The summed E-state index contributed by atoms with van der Waals surface area (Å²) in [5, 5.41) is 25.7. The number of aliphatic hydroxyl groups is 3. The molecule has 0 spiro atoms. The molecule has 0 heterocycles. The summed E-state index contributed by atoms with van der Waals surface area (Å²) in [6.07, 6.45) is 4.48. The Labute approximate surface area is 94.0 Å². The second-order valence-corrected chi connectivity index (χ2v) is 4.00. The fraction of sp³-hybridized carbons (Fsp3) is 0.778. The van der Waals surface area contributed by atoms with Gasteiger partial charge in [0, 0.05) is 5.03 Å². The molecular weight excluding hydrogens is 227 g/mol. The summed E-state index contributed by atoms with van der Waals surface area (Å²) in [7, 11) is 0. The summed E-state index contributed by atoms with van der Waals surface area (Å²) in [6.45, 7) is 2.09. The molecule has 0 bridgehead atoms. The van der Waals surface area contributed by atoms with Crippen LogP contribution in [0.25, 0.3) is 0 Å². The summed E-state index contributed by atoms with van der Waals surface area (Å²) in [6, 6.07) is 0. The van der Waals surface area contributed by atoms with E-state index in [1.165, 1.54) is 0 Å². The van der Waals surface area contributed by atoms with Crippen molar-refractivity contribution in [1.29, 1.82) is 0 Å². The van der Waals surface area contributed by atoms with Crippen LogP contribution in [0, 0.1) is 0 Å². The van der Waals surface area contributed by atoms with Crippen molar-refractivity contribution in [2.24, 2.45) is 0 Å². The van der Waals surface area contributed by atoms with E-state index in [1.807, 2.05) is 0 Å². The maximum absolute atomic E-state index is 8.70. The van der Waals surface area contributed by atoms with E-state index < -0.39 is 11.0 Å². The standard InChI is InChI=1S/C9H16Cl2O3/c1-2-3-4-5-6-7(10)8(11)9(12,13)14/h12-14H,2-6H2,1H3. The van der Waals surface area contributed by atoms with Gasteiger partial charge in [-0.25, -0.2) is 0 Å². The molecule has 3 nitrogen and oxygen atoms in total. The van der Waals surface area contributed by atoms with Crippen LogP contribution < -0.4 is 0 Å². The first-order valence-electron chi connectivity index (χ1n) is 4.61. The zero-order valence-corrected chi connectivity index (χ0v) is 9.64. The number of halogens is 2. The van der Waals surface area contributed by atoms with Gasteiger partial charge in [-0.15, -0.1) is 0 Å². The molecule has 0 saturated carbocycles. The molecule has 0 atom stereocenters. The van der Waals surface area contributed by atoms with Gasteiger partial charge in [0.1, 0.15) is 5.03 Å². The molecule has 5 heteroatoms. The molecule has 0 saturated heterocycles. The Bertz CT molecular complexity index is 197. The molecule has 0 aromatic heterocycles. The van der Waals surface area contributed by atoms with Crippen LogP contribution in [-0.2, 0) is 0 Å². The van der Waals surface area contributed by atoms with Crippen LogP contribution >= 0.6 is 23.2 Å². The van der Waals surface area contributed by atoms with Gasteiger partial charge in [0.05, 0.1) is 0 Å². The van der Waals surface area contributed by atoms with Gasteiger partial charge in [0.15, 0.2) is 0 Å². The molecule has 0 amide bonds. The fourth-order valence-electron chi connectivity index (χ4n) is 0.999. The van der Waals surface area contributed by atoms with Crippen LogP contribution in [0.2, 0.25) is 0 Å². The lowest BCUT2D eigenvalue weighted by Crippen LogP contribution is -2.28. The zero-order chi connectivity index (χ0) is 11.2. The maximum atomic E-state index is 8.70. The highest BCUT2D eigenvalue weighted by atomic mass is 35.5. The Morgan fingerprint density at radius 2 is 1.64 bits per heavy atom. The Morgan fingerprint density at radius 3 is 2.07 bits per heavy atom. The van der Waals surface area contributed by atoms with Gasteiger partial charge in [0.25, 0.3) is 0 Å².